The summed E-state index contributed by atoms with van der Waals surface area (Å²) < 4.78 is 0.760. The van der Waals surface area contributed by atoms with Crippen molar-refractivity contribution in [2.75, 3.05) is 0 Å². The predicted molar refractivity (Wildman–Crippen MR) is 72.2 cm³/mol. The SMILES string of the molecule is CCCCC(CC)CC(O)c1ccc(Cl)s1. The maximum atomic E-state index is 10.1. The van der Waals surface area contributed by atoms with Crippen LogP contribution in [0.25, 0.3) is 0 Å². The van der Waals surface area contributed by atoms with Crippen LogP contribution in [0.2, 0.25) is 4.34 Å². The minimum Gasteiger partial charge on any atom is -0.388 e. The van der Waals surface area contributed by atoms with Crippen molar-refractivity contribution in [3.8, 4) is 0 Å². The van der Waals surface area contributed by atoms with Crippen LogP contribution in [0.3, 0.4) is 0 Å². The highest BCUT2D eigenvalue weighted by Gasteiger charge is 2.15. The number of unbranched alkanes of at least 4 members (excludes halogenated alkanes) is 1. The summed E-state index contributed by atoms with van der Waals surface area (Å²) in [5.41, 5.74) is 0. The van der Waals surface area contributed by atoms with Crippen LogP contribution < -0.4 is 0 Å². The largest absolute Gasteiger partial charge is 0.388 e. The molecule has 0 fully saturated rings. The summed E-state index contributed by atoms with van der Waals surface area (Å²) in [6, 6.07) is 3.79. The van der Waals surface area contributed by atoms with Gasteiger partial charge in [0.25, 0.3) is 0 Å². The van der Waals surface area contributed by atoms with Gasteiger partial charge in [-0.1, -0.05) is 51.1 Å². The molecule has 1 rings (SSSR count). The van der Waals surface area contributed by atoms with Crippen molar-refractivity contribution in [3.63, 3.8) is 0 Å². The van der Waals surface area contributed by atoms with Gasteiger partial charge in [-0.3, -0.25) is 0 Å². The van der Waals surface area contributed by atoms with Crippen LogP contribution in [0.15, 0.2) is 12.1 Å². The average Bonchev–Trinajstić information content (AvgIpc) is 2.70. The Hall–Kier alpha value is -0.0500. The highest BCUT2D eigenvalue weighted by molar-refractivity contribution is 7.16. The third kappa shape index (κ3) is 4.44. The number of rotatable bonds is 7. The van der Waals surface area contributed by atoms with Gasteiger partial charge in [-0.15, -0.1) is 11.3 Å². The molecular formula is C13H21ClOS. The third-order valence-electron chi connectivity index (χ3n) is 3.02. The standard InChI is InChI=1S/C13H21ClOS/c1-3-5-6-10(4-2)9-11(15)12-7-8-13(14)16-12/h7-8,10-11,15H,3-6,9H2,1-2H3. The molecule has 0 aromatic carbocycles. The average molecular weight is 261 g/mol. The molecule has 0 spiro atoms. The molecule has 1 N–H and O–H groups in total. The first-order chi connectivity index (χ1) is 7.67. The van der Waals surface area contributed by atoms with E-state index in [0.717, 1.165) is 22.1 Å². The molecular weight excluding hydrogens is 240 g/mol. The number of halogens is 1. The monoisotopic (exact) mass is 260 g/mol. The fourth-order valence-corrected chi connectivity index (χ4v) is 2.98. The molecule has 0 bridgehead atoms. The van der Waals surface area contributed by atoms with Gasteiger partial charge < -0.3 is 5.11 Å². The van der Waals surface area contributed by atoms with Crippen LogP contribution >= 0.6 is 22.9 Å². The van der Waals surface area contributed by atoms with Gasteiger partial charge in [0.1, 0.15) is 0 Å². The molecule has 92 valence electrons. The van der Waals surface area contributed by atoms with E-state index in [-0.39, 0.29) is 6.10 Å². The van der Waals surface area contributed by atoms with E-state index in [4.69, 9.17) is 11.6 Å². The van der Waals surface area contributed by atoms with Gasteiger partial charge in [-0.2, -0.15) is 0 Å². The van der Waals surface area contributed by atoms with Crippen molar-refractivity contribution in [1.82, 2.24) is 0 Å². The van der Waals surface area contributed by atoms with Crippen LogP contribution in [-0.2, 0) is 0 Å². The molecule has 0 aliphatic carbocycles. The topological polar surface area (TPSA) is 20.2 Å². The Morgan fingerprint density at radius 2 is 2.12 bits per heavy atom. The zero-order valence-electron chi connectivity index (χ0n) is 10.1. The molecule has 1 aromatic rings. The van der Waals surface area contributed by atoms with Crippen LogP contribution in [-0.4, -0.2) is 5.11 Å². The maximum Gasteiger partial charge on any atom is 0.0932 e. The quantitative estimate of drug-likeness (QED) is 0.728. The summed E-state index contributed by atoms with van der Waals surface area (Å²) in [5, 5.41) is 10.1. The lowest BCUT2D eigenvalue weighted by Crippen LogP contribution is -2.05. The Morgan fingerprint density at radius 1 is 1.38 bits per heavy atom. The van der Waals surface area contributed by atoms with Crippen molar-refractivity contribution in [2.24, 2.45) is 5.92 Å². The molecule has 0 aliphatic heterocycles. The van der Waals surface area contributed by atoms with Gasteiger partial charge in [-0.25, -0.2) is 0 Å². The lowest BCUT2D eigenvalue weighted by atomic mass is 9.93. The summed E-state index contributed by atoms with van der Waals surface area (Å²) in [4.78, 5) is 1.000. The van der Waals surface area contributed by atoms with E-state index in [1.807, 2.05) is 12.1 Å². The van der Waals surface area contributed by atoms with E-state index in [1.165, 1.54) is 30.6 Å². The van der Waals surface area contributed by atoms with Crippen LogP contribution in [0, 0.1) is 5.92 Å². The first kappa shape index (κ1) is 14.0. The number of hydrogen-bond donors (Lipinski definition) is 1. The number of aliphatic hydroxyl groups is 1. The highest BCUT2D eigenvalue weighted by Crippen LogP contribution is 2.32. The maximum absolute atomic E-state index is 10.1. The Morgan fingerprint density at radius 3 is 2.62 bits per heavy atom. The van der Waals surface area contributed by atoms with Gasteiger partial charge in [0.05, 0.1) is 10.4 Å². The lowest BCUT2D eigenvalue weighted by Gasteiger charge is -2.17. The van der Waals surface area contributed by atoms with Gasteiger partial charge in [0.15, 0.2) is 0 Å². The van der Waals surface area contributed by atoms with E-state index in [0.29, 0.717) is 5.92 Å². The molecule has 0 aliphatic rings. The first-order valence-electron chi connectivity index (χ1n) is 6.10. The Balaban J connectivity index is 2.45. The Bertz CT molecular complexity index is 298. The second-order valence-corrected chi connectivity index (χ2v) is 6.06. The van der Waals surface area contributed by atoms with Crippen molar-refractivity contribution in [2.45, 2.75) is 52.1 Å². The van der Waals surface area contributed by atoms with E-state index >= 15 is 0 Å². The summed E-state index contributed by atoms with van der Waals surface area (Å²) in [6.45, 7) is 4.41. The molecule has 2 unspecified atom stereocenters. The van der Waals surface area contributed by atoms with Gasteiger partial charge in [0.2, 0.25) is 0 Å². The van der Waals surface area contributed by atoms with Gasteiger partial charge in [0, 0.05) is 4.88 Å². The second kappa shape index (κ2) is 7.31. The van der Waals surface area contributed by atoms with Gasteiger partial charge >= 0.3 is 0 Å². The van der Waals surface area contributed by atoms with E-state index in [9.17, 15) is 5.11 Å². The molecule has 16 heavy (non-hydrogen) atoms. The van der Waals surface area contributed by atoms with Crippen molar-refractivity contribution >= 4 is 22.9 Å². The molecule has 0 amide bonds. The molecule has 1 nitrogen and oxygen atoms in total. The fourth-order valence-electron chi connectivity index (χ4n) is 1.92. The van der Waals surface area contributed by atoms with Crippen LogP contribution in [0.5, 0.6) is 0 Å². The summed E-state index contributed by atoms with van der Waals surface area (Å²) in [5.74, 6) is 0.635. The summed E-state index contributed by atoms with van der Waals surface area (Å²) >= 11 is 7.35. The highest BCUT2D eigenvalue weighted by atomic mass is 35.5. The van der Waals surface area contributed by atoms with Crippen molar-refractivity contribution < 1.29 is 5.11 Å². The van der Waals surface area contributed by atoms with Crippen molar-refractivity contribution in [3.05, 3.63) is 21.3 Å². The Kier molecular flexibility index (Phi) is 6.40. The zero-order valence-corrected chi connectivity index (χ0v) is 11.7. The fraction of sp³-hybridized carbons (Fsp3) is 0.692. The minimum absolute atomic E-state index is 0.334. The molecule has 0 saturated heterocycles. The number of aliphatic hydroxyl groups excluding tert-OH is 1. The molecule has 1 aromatic heterocycles. The normalized spacial score (nSPS) is 15.0. The molecule has 0 saturated carbocycles. The molecule has 1 heterocycles. The second-order valence-electron chi connectivity index (χ2n) is 4.31. The van der Waals surface area contributed by atoms with E-state index < -0.39 is 0 Å². The van der Waals surface area contributed by atoms with Crippen LogP contribution in [0.1, 0.15) is 56.9 Å². The molecule has 3 heteroatoms. The summed E-state index contributed by atoms with van der Waals surface area (Å²) in [6.07, 6.45) is 5.40. The van der Waals surface area contributed by atoms with E-state index in [1.54, 1.807) is 0 Å². The zero-order chi connectivity index (χ0) is 12.0. The summed E-state index contributed by atoms with van der Waals surface area (Å²) in [7, 11) is 0. The number of hydrogen-bond acceptors (Lipinski definition) is 2. The Labute approximate surface area is 107 Å². The van der Waals surface area contributed by atoms with E-state index in [2.05, 4.69) is 13.8 Å². The first-order valence-corrected chi connectivity index (χ1v) is 7.30. The molecule has 2 atom stereocenters. The predicted octanol–water partition coefficient (Wildman–Crippen LogP) is 5.04. The van der Waals surface area contributed by atoms with Gasteiger partial charge in [-0.05, 0) is 24.5 Å². The molecule has 0 radical (unpaired) electrons. The minimum atomic E-state index is -0.334. The number of thiophene rings is 1. The third-order valence-corrected chi connectivity index (χ3v) is 4.35. The smallest absolute Gasteiger partial charge is 0.0932 e. The lowest BCUT2D eigenvalue weighted by molar-refractivity contribution is 0.142. The van der Waals surface area contributed by atoms with Crippen molar-refractivity contribution in [1.29, 1.82) is 0 Å². The van der Waals surface area contributed by atoms with Crippen LogP contribution in [0.4, 0.5) is 0 Å².